The van der Waals surface area contributed by atoms with Crippen LogP contribution in [0.1, 0.15) is 5.56 Å². The molecule has 2 aromatic heterocycles. The van der Waals surface area contributed by atoms with E-state index in [1.807, 2.05) is 43.3 Å². The molecule has 3 heterocycles. The highest BCUT2D eigenvalue weighted by Gasteiger charge is 2.22. The van der Waals surface area contributed by atoms with Crippen LogP contribution < -0.4 is 15.9 Å². The number of fused-ring (bicyclic) bond motifs is 1. The Hall–Kier alpha value is -3.27. The van der Waals surface area contributed by atoms with Crippen molar-refractivity contribution in [2.45, 2.75) is 13.5 Å². The Morgan fingerprint density at radius 2 is 1.91 bits per heavy atom. The number of anilines is 2. The van der Waals surface area contributed by atoms with Gasteiger partial charge >= 0.3 is 5.69 Å². The minimum Gasteiger partial charge on any atom is -0.378 e. The number of carbonyl (C=O) groups excluding carboxylic acids is 1. The Balaban J connectivity index is 1.56. The zero-order valence-corrected chi connectivity index (χ0v) is 20.0. The van der Waals surface area contributed by atoms with Crippen LogP contribution in [0.4, 0.5) is 10.8 Å². The lowest BCUT2D eigenvalue weighted by Gasteiger charge is -2.25. The standard InChI is InChI=1S/C24H22ClN5O3S/c1-15-7-8-17(25)13-18(15)26-19(31)14-30-22-21(28-24(34-22)29-9-11-33-12-10-29)20(27-23(30)32)16-5-3-2-4-6-16/h2-8,13H,9-12,14H2,1H3,(H,26,31). The summed E-state index contributed by atoms with van der Waals surface area (Å²) in [6, 6.07) is 14.8. The number of nitrogens with one attached hydrogen (secondary N) is 1. The van der Waals surface area contributed by atoms with E-state index >= 15 is 0 Å². The van der Waals surface area contributed by atoms with E-state index in [1.54, 1.807) is 12.1 Å². The maximum Gasteiger partial charge on any atom is 0.349 e. The molecule has 0 radical (unpaired) electrons. The average molecular weight is 496 g/mol. The number of benzene rings is 2. The molecule has 174 valence electrons. The molecule has 1 aliphatic heterocycles. The summed E-state index contributed by atoms with van der Waals surface area (Å²) in [5, 5.41) is 4.15. The highest BCUT2D eigenvalue weighted by Crippen LogP contribution is 2.33. The van der Waals surface area contributed by atoms with Crippen LogP contribution in [0.2, 0.25) is 5.02 Å². The van der Waals surface area contributed by atoms with Gasteiger partial charge in [-0.15, -0.1) is 0 Å². The van der Waals surface area contributed by atoms with E-state index in [-0.39, 0.29) is 12.5 Å². The van der Waals surface area contributed by atoms with Crippen LogP contribution >= 0.6 is 22.9 Å². The highest BCUT2D eigenvalue weighted by molar-refractivity contribution is 7.22. The third kappa shape index (κ3) is 4.54. The monoisotopic (exact) mass is 495 g/mol. The predicted molar refractivity (Wildman–Crippen MR) is 135 cm³/mol. The lowest BCUT2D eigenvalue weighted by Crippen LogP contribution is -2.36. The normalized spacial score (nSPS) is 13.9. The van der Waals surface area contributed by atoms with Gasteiger partial charge in [-0.2, -0.15) is 4.98 Å². The van der Waals surface area contributed by atoms with Crippen molar-refractivity contribution >= 4 is 50.0 Å². The first-order valence-corrected chi connectivity index (χ1v) is 12.0. The van der Waals surface area contributed by atoms with Gasteiger partial charge in [0.05, 0.1) is 13.2 Å². The Morgan fingerprint density at radius 3 is 2.68 bits per heavy atom. The Labute approximate surface area is 204 Å². The summed E-state index contributed by atoms with van der Waals surface area (Å²) in [7, 11) is 0. The number of morpholine rings is 1. The molecule has 0 atom stereocenters. The van der Waals surface area contributed by atoms with Gasteiger partial charge in [0.1, 0.15) is 22.6 Å². The van der Waals surface area contributed by atoms with Gasteiger partial charge in [0, 0.05) is 29.4 Å². The molecule has 0 saturated carbocycles. The second kappa shape index (κ2) is 9.54. The van der Waals surface area contributed by atoms with Crippen LogP contribution in [0.3, 0.4) is 0 Å². The third-order valence-electron chi connectivity index (χ3n) is 5.61. The molecule has 1 amide bonds. The highest BCUT2D eigenvalue weighted by atomic mass is 35.5. The van der Waals surface area contributed by atoms with Crippen LogP contribution in [-0.2, 0) is 16.1 Å². The Bertz CT molecular complexity index is 1410. The van der Waals surface area contributed by atoms with E-state index in [9.17, 15) is 9.59 Å². The lowest BCUT2D eigenvalue weighted by molar-refractivity contribution is -0.116. The number of carbonyl (C=O) groups is 1. The second-order valence-corrected chi connectivity index (χ2v) is 9.34. The molecule has 1 N–H and O–H groups in total. The van der Waals surface area contributed by atoms with Crippen molar-refractivity contribution in [2.24, 2.45) is 0 Å². The van der Waals surface area contributed by atoms with Crippen LogP contribution in [0.5, 0.6) is 0 Å². The average Bonchev–Trinajstić information content (AvgIpc) is 3.30. The maximum absolute atomic E-state index is 13.1. The number of thiazole rings is 1. The molecule has 0 aliphatic carbocycles. The van der Waals surface area contributed by atoms with Crippen molar-refractivity contribution in [3.05, 3.63) is 69.6 Å². The van der Waals surface area contributed by atoms with Gasteiger partial charge in [-0.3, -0.25) is 9.36 Å². The summed E-state index contributed by atoms with van der Waals surface area (Å²) in [6.07, 6.45) is 0. The summed E-state index contributed by atoms with van der Waals surface area (Å²) in [5.41, 5.74) is 2.90. The van der Waals surface area contributed by atoms with Crippen molar-refractivity contribution in [1.29, 1.82) is 0 Å². The minimum atomic E-state index is -0.499. The number of aromatic nitrogens is 3. The maximum atomic E-state index is 13.1. The van der Waals surface area contributed by atoms with E-state index in [1.165, 1.54) is 15.9 Å². The smallest absolute Gasteiger partial charge is 0.349 e. The third-order valence-corrected chi connectivity index (χ3v) is 6.98. The number of hydrogen-bond donors (Lipinski definition) is 1. The molecule has 0 spiro atoms. The van der Waals surface area contributed by atoms with E-state index < -0.39 is 5.69 Å². The second-order valence-electron chi connectivity index (χ2n) is 7.95. The number of amides is 1. The summed E-state index contributed by atoms with van der Waals surface area (Å²) >= 11 is 7.47. The summed E-state index contributed by atoms with van der Waals surface area (Å²) < 4.78 is 6.85. The minimum absolute atomic E-state index is 0.186. The van der Waals surface area contributed by atoms with Crippen molar-refractivity contribution in [3.63, 3.8) is 0 Å². The first-order valence-electron chi connectivity index (χ1n) is 10.8. The van der Waals surface area contributed by atoms with E-state index in [0.717, 1.165) is 16.3 Å². The number of hydrogen-bond acceptors (Lipinski definition) is 7. The van der Waals surface area contributed by atoms with Crippen molar-refractivity contribution in [1.82, 2.24) is 14.5 Å². The summed E-state index contributed by atoms with van der Waals surface area (Å²) in [5.74, 6) is -0.343. The molecule has 0 bridgehead atoms. The first kappa shape index (κ1) is 22.5. The Kier molecular flexibility index (Phi) is 6.32. The van der Waals surface area contributed by atoms with Crippen LogP contribution in [0, 0.1) is 6.92 Å². The molecular weight excluding hydrogens is 474 g/mol. The molecule has 2 aromatic carbocycles. The molecular formula is C24H22ClN5O3S. The summed E-state index contributed by atoms with van der Waals surface area (Å²) in [4.78, 5) is 38.0. The molecule has 0 unspecified atom stereocenters. The SMILES string of the molecule is Cc1ccc(Cl)cc1NC(=O)Cn1c(=O)nc(-c2ccccc2)c2nc(N3CCOCC3)sc21. The fourth-order valence-corrected chi connectivity index (χ4v) is 5.11. The summed E-state index contributed by atoms with van der Waals surface area (Å²) in [6.45, 7) is 4.36. The van der Waals surface area contributed by atoms with Crippen molar-refractivity contribution in [3.8, 4) is 11.3 Å². The van der Waals surface area contributed by atoms with Gasteiger partial charge in [-0.05, 0) is 24.6 Å². The number of halogens is 1. The fourth-order valence-electron chi connectivity index (χ4n) is 3.82. The molecule has 4 aromatic rings. The van der Waals surface area contributed by atoms with Gasteiger partial charge in [0.25, 0.3) is 0 Å². The predicted octanol–water partition coefficient (Wildman–Crippen LogP) is 3.96. The molecule has 10 heteroatoms. The number of aryl methyl sites for hydroxylation is 1. The zero-order valence-electron chi connectivity index (χ0n) is 18.5. The van der Waals surface area contributed by atoms with Crippen molar-refractivity contribution < 1.29 is 9.53 Å². The van der Waals surface area contributed by atoms with Crippen LogP contribution in [0.25, 0.3) is 21.6 Å². The van der Waals surface area contributed by atoms with Gasteiger partial charge in [0.15, 0.2) is 5.13 Å². The van der Waals surface area contributed by atoms with Crippen LogP contribution in [-0.4, -0.2) is 46.7 Å². The number of ether oxygens (including phenoxy) is 1. The Morgan fingerprint density at radius 1 is 1.15 bits per heavy atom. The molecule has 1 fully saturated rings. The molecule has 5 rings (SSSR count). The van der Waals surface area contributed by atoms with Crippen LogP contribution in [0.15, 0.2) is 53.3 Å². The van der Waals surface area contributed by atoms with E-state index in [0.29, 0.717) is 53.1 Å². The zero-order chi connectivity index (χ0) is 23.7. The topological polar surface area (TPSA) is 89.3 Å². The van der Waals surface area contributed by atoms with Gasteiger partial charge < -0.3 is 15.0 Å². The van der Waals surface area contributed by atoms with Gasteiger partial charge in [-0.1, -0.05) is 59.3 Å². The molecule has 34 heavy (non-hydrogen) atoms. The quantitative estimate of drug-likeness (QED) is 0.451. The van der Waals surface area contributed by atoms with E-state index in [4.69, 9.17) is 21.3 Å². The van der Waals surface area contributed by atoms with E-state index in [2.05, 4.69) is 15.2 Å². The molecule has 8 nitrogen and oxygen atoms in total. The number of nitrogens with zero attached hydrogens (tertiary/aromatic N) is 4. The lowest BCUT2D eigenvalue weighted by atomic mass is 10.1. The number of rotatable bonds is 5. The molecule has 1 saturated heterocycles. The van der Waals surface area contributed by atoms with Crippen molar-refractivity contribution in [2.75, 3.05) is 36.5 Å². The fraction of sp³-hybridized carbons (Fsp3) is 0.250. The first-order chi connectivity index (χ1) is 16.5. The van der Waals surface area contributed by atoms with Gasteiger partial charge in [0.2, 0.25) is 5.91 Å². The largest absolute Gasteiger partial charge is 0.378 e. The molecule has 1 aliphatic rings. The van der Waals surface area contributed by atoms with Gasteiger partial charge in [-0.25, -0.2) is 9.78 Å².